The van der Waals surface area contributed by atoms with E-state index in [1.165, 1.54) is 379 Å². The van der Waals surface area contributed by atoms with Crippen molar-refractivity contribution < 1.29 is 24.5 Å². The zero-order valence-corrected chi connectivity index (χ0v) is 56.3. The van der Waals surface area contributed by atoms with E-state index < -0.39 is 12.1 Å². The third kappa shape index (κ3) is 68.0. The number of nitrogens with one attached hydrogen (secondary N) is 1. The Hall–Kier alpha value is -1.14. The van der Waals surface area contributed by atoms with Crippen LogP contribution in [0.5, 0.6) is 0 Å². The molecule has 6 heteroatoms. The van der Waals surface area contributed by atoms with Crippen LogP contribution in [0.3, 0.4) is 0 Å². The van der Waals surface area contributed by atoms with Crippen molar-refractivity contribution in [3.63, 3.8) is 0 Å². The number of amides is 1. The molecule has 1 amide bonds. The number of hydrogen-bond acceptors (Lipinski definition) is 5. The third-order valence-electron chi connectivity index (χ3n) is 18.4. The van der Waals surface area contributed by atoms with E-state index in [-0.39, 0.29) is 18.5 Å². The van der Waals surface area contributed by atoms with Gasteiger partial charge < -0.3 is 20.3 Å². The van der Waals surface area contributed by atoms with E-state index in [1.54, 1.807) is 0 Å². The molecule has 0 spiro atoms. The standard InChI is InChI=1S/C76H151NO5/c1-3-5-7-9-11-13-15-17-19-37-42-46-50-54-58-62-66-70-76(81)82-71-67-63-59-55-51-47-43-39-36-34-32-30-28-26-24-22-21-23-25-27-29-31-33-35-38-41-45-49-53-57-61-65-69-75(80)77-73(72-78)74(79)68-64-60-56-52-48-44-40-20-18-16-14-12-10-8-6-4-2/h73-74,78-79H,3-72H2,1-2H3,(H,77,80). The Bertz CT molecular complexity index is 1200. The topological polar surface area (TPSA) is 95.9 Å². The molecule has 2 unspecified atom stereocenters. The summed E-state index contributed by atoms with van der Waals surface area (Å²) in [5.74, 6) is 0.000680. The van der Waals surface area contributed by atoms with Crippen molar-refractivity contribution in [2.45, 2.75) is 463 Å². The molecular formula is C76H151NO5. The van der Waals surface area contributed by atoms with Crippen LogP contribution in [-0.2, 0) is 14.3 Å². The van der Waals surface area contributed by atoms with Crippen molar-refractivity contribution in [2.24, 2.45) is 0 Å². The van der Waals surface area contributed by atoms with Gasteiger partial charge in [-0.15, -0.1) is 0 Å². The molecule has 0 aromatic carbocycles. The Morgan fingerprint density at radius 3 is 0.744 bits per heavy atom. The van der Waals surface area contributed by atoms with Crippen molar-refractivity contribution in [1.82, 2.24) is 5.32 Å². The van der Waals surface area contributed by atoms with E-state index >= 15 is 0 Å². The van der Waals surface area contributed by atoms with Crippen molar-refractivity contribution in [3.8, 4) is 0 Å². The number of aliphatic hydroxyl groups excluding tert-OH is 2. The van der Waals surface area contributed by atoms with Crippen LogP contribution in [0.15, 0.2) is 0 Å². The highest BCUT2D eigenvalue weighted by atomic mass is 16.5. The lowest BCUT2D eigenvalue weighted by Gasteiger charge is -2.22. The van der Waals surface area contributed by atoms with Crippen LogP contribution >= 0.6 is 0 Å². The SMILES string of the molecule is CCCCCCCCCCCCCCCCCCCC(=O)OCCCCCCCCCCCCCCCCCCCCCCCCCCCCCCCCCCC(=O)NC(CO)C(O)CCCCCCCCCCCCCCCCCC. The van der Waals surface area contributed by atoms with Crippen molar-refractivity contribution >= 4 is 11.9 Å². The predicted octanol–water partition coefficient (Wildman–Crippen LogP) is 24.9. The summed E-state index contributed by atoms with van der Waals surface area (Å²) in [5.41, 5.74) is 0. The fourth-order valence-electron chi connectivity index (χ4n) is 12.6. The number of ether oxygens (including phenoxy) is 1. The minimum Gasteiger partial charge on any atom is -0.466 e. The highest BCUT2D eigenvalue weighted by Crippen LogP contribution is 2.20. The lowest BCUT2D eigenvalue weighted by Crippen LogP contribution is -2.45. The molecule has 0 aliphatic heterocycles. The molecule has 0 aromatic heterocycles. The van der Waals surface area contributed by atoms with Gasteiger partial charge in [-0.05, 0) is 25.7 Å². The van der Waals surface area contributed by atoms with Gasteiger partial charge in [0.1, 0.15) is 0 Å². The highest BCUT2D eigenvalue weighted by Gasteiger charge is 2.20. The minimum absolute atomic E-state index is 0.0259. The van der Waals surface area contributed by atoms with Gasteiger partial charge in [0, 0.05) is 12.8 Å². The summed E-state index contributed by atoms with van der Waals surface area (Å²) in [4.78, 5) is 24.6. The third-order valence-corrected chi connectivity index (χ3v) is 18.4. The normalized spacial score (nSPS) is 12.4. The molecule has 6 nitrogen and oxygen atoms in total. The zero-order valence-electron chi connectivity index (χ0n) is 56.3. The van der Waals surface area contributed by atoms with Crippen molar-refractivity contribution in [1.29, 1.82) is 0 Å². The average Bonchev–Trinajstić information content (AvgIpc) is 3.48. The van der Waals surface area contributed by atoms with Crippen LogP contribution in [0.25, 0.3) is 0 Å². The van der Waals surface area contributed by atoms with Gasteiger partial charge in [0.15, 0.2) is 0 Å². The van der Waals surface area contributed by atoms with Gasteiger partial charge in [0.25, 0.3) is 0 Å². The minimum atomic E-state index is -0.660. The van der Waals surface area contributed by atoms with Crippen LogP contribution in [0, 0.1) is 0 Å². The Morgan fingerprint density at radius 2 is 0.500 bits per heavy atom. The van der Waals surface area contributed by atoms with E-state index in [0.29, 0.717) is 25.9 Å². The maximum atomic E-state index is 12.5. The van der Waals surface area contributed by atoms with Gasteiger partial charge in [-0.3, -0.25) is 9.59 Å². The van der Waals surface area contributed by atoms with Crippen molar-refractivity contribution in [2.75, 3.05) is 13.2 Å². The Morgan fingerprint density at radius 1 is 0.293 bits per heavy atom. The molecule has 0 radical (unpaired) electrons. The van der Waals surface area contributed by atoms with E-state index in [9.17, 15) is 19.8 Å². The molecule has 3 N–H and O–H groups in total. The second-order valence-electron chi connectivity index (χ2n) is 26.7. The number of aliphatic hydroxyl groups is 2. The summed E-state index contributed by atoms with van der Waals surface area (Å²) >= 11 is 0. The molecule has 0 fully saturated rings. The van der Waals surface area contributed by atoms with Crippen LogP contribution in [0.1, 0.15) is 450 Å². The predicted molar refractivity (Wildman–Crippen MR) is 361 cm³/mol. The van der Waals surface area contributed by atoms with Gasteiger partial charge in [0.05, 0.1) is 25.4 Å². The smallest absolute Gasteiger partial charge is 0.305 e. The molecule has 0 bridgehead atoms. The van der Waals surface area contributed by atoms with Crippen LogP contribution in [0.2, 0.25) is 0 Å². The Kier molecular flexibility index (Phi) is 71.3. The van der Waals surface area contributed by atoms with Gasteiger partial charge in [0.2, 0.25) is 5.91 Å². The molecule has 0 saturated heterocycles. The molecule has 490 valence electrons. The quantitative estimate of drug-likeness (QED) is 0.0417. The maximum Gasteiger partial charge on any atom is 0.305 e. The van der Waals surface area contributed by atoms with Crippen LogP contribution in [-0.4, -0.2) is 47.4 Å². The van der Waals surface area contributed by atoms with Crippen LogP contribution in [0.4, 0.5) is 0 Å². The second-order valence-corrected chi connectivity index (χ2v) is 26.7. The van der Waals surface area contributed by atoms with E-state index in [2.05, 4.69) is 19.2 Å². The molecule has 0 aromatic rings. The van der Waals surface area contributed by atoms with Crippen LogP contribution < -0.4 is 5.32 Å². The van der Waals surface area contributed by atoms with E-state index in [1.807, 2.05) is 0 Å². The summed E-state index contributed by atoms with van der Waals surface area (Å²) in [6.07, 6.45) is 89.0. The molecule has 2 atom stereocenters. The Labute approximate surface area is 515 Å². The van der Waals surface area contributed by atoms with Crippen molar-refractivity contribution in [3.05, 3.63) is 0 Å². The second kappa shape index (κ2) is 72.3. The summed E-state index contributed by atoms with van der Waals surface area (Å²) in [6.45, 7) is 5.01. The summed E-state index contributed by atoms with van der Waals surface area (Å²) in [7, 11) is 0. The fraction of sp³-hybridized carbons (Fsp3) is 0.974. The highest BCUT2D eigenvalue weighted by molar-refractivity contribution is 5.76. The zero-order chi connectivity index (χ0) is 59.2. The molecule has 0 saturated carbocycles. The van der Waals surface area contributed by atoms with E-state index in [4.69, 9.17) is 4.74 Å². The first-order valence-corrected chi connectivity index (χ1v) is 38.3. The molecular weight excluding hydrogens is 1010 g/mol. The lowest BCUT2D eigenvalue weighted by atomic mass is 10.0. The number of hydrogen-bond donors (Lipinski definition) is 3. The summed E-state index contributed by atoms with van der Waals surface area (Å²) < 4.78 is 5.52. The number of rotatable bonds is 73. The summed E-state index contributed by atoms with van der Waals surface area (Å²) in [5, 5.41) is 23.4. The van der Waals surface area contributed by atoms with Gasteiger partial charge in [-0.2, -0.15) is 0 Å². The Balaban J connectivity index is 3.29. The first-order chi connectivity index (χ1) is 40.5. The molecule has 0 aliphatic rings. The number of esters is 1. The monoisotopic (exact) mass is 1160 g/mol. The molecule has 0 heterocycles. The first kappa shape index (κ1) is 80.9. The number of carbonyl (C=O) groups excluding carboxylic acids is 2. The fourth-order valence-corrected chi connectivity index (χ4v) is 12.6. The van der Waals surface area contributed by atoms with Gasteiger partial charge in [-0.1, -0.05) is 412 Å². The van der Waals surface area contributed by atoms with E-state index in [0.717, 1.165) is 38.5 Å². The molecule has 0 aliphatic carbocycles. The van der Waals surface area contributed by atoms with Gasteiger partial charge in [-0.25, -0.2) is 0 Å². The number of carbonyl (C=O) groups is 2. The molecule has 0 rings (SSSR count). The summed E-state index contributed by atoms with van der Waals surface area (Å²) in [6, 6.07) is -0.537. The lowest BCUT2D eigenvalue weighted by molar-refractivity contribution is -0.143. The maximum absolute atomic E-state index is 12.5. The average molecular weight is 1160 g/mol. The van der Waals surface area contributed by atoms with Gasteiger partial charge >= 0.3 is 5.97 Å². The first-order valence-electron chi connectivity index (χ1n) is 38.3. The number of unbranched alkanes of at least 4 members (excludes halogenated alkanes) is 62. The molecule has 82 heavy (non-hydrogen) atoms. The largest absolute Gasteiger partial charge is 0.466 e.